The Morgan fingerprint density at radius 2 is 1.44 bits per heavy atom. The number of carbonyl (C=O) groups is 1. The highest BCUT2D eigenvalue weighted by molar-refractivity contribution is 5.74. The molecule has 34 heavy (non-hydrogen) atoms. The Balaban J connectivity index is 1.87. The predicted molar refractivity (Wildman–Crippen MR) is 141 cm³/mol. The van der Waals surface area contributed by atoms with Gasteiger partial charge in [-0.1, -0.05) is 95.3 Å². The first-order valence-corrected chi connectivity index (χ1v) is 13.2. The number of aryl methyl sites for hydroxylation is 1. The van der Waals surface area contributed by atoms with E-state index < -0.39 is 6.29 Å². The van der Waals surface area contributed by atoms with Crippen LogP contribution >= 0.6 is 0 Å². The SMILES string of the molecule is CCCCCCCCc1ccc(OC(CC)OC(=O)C(CC)[N+](C)(C)Cc2ccccc2)cc1. The van der Waals surface area contributed by atoms with E-state index in [-0.39, 0.29) is 12.0 Å². The third-order valence-corrected chi connectivity index (χ3v) is 6.53. The summed E-state index contributed by atoms with van der Waals surface area (Å²) in [6, 6.07) is 18.3. The van der Waals surface area contributed by atoms with E-state index in [0.29, 0.717) is 17.3 Å². The van der Waals surface area contributed by atoms with Gasteiger partial charge in [0.2, 0.25) is 6.29 Å². The highest BCUT2D eigenvalue weighted by atomic mass is 16.7. The molecule has 0 aliphatic heterocycles. The first kappa shape index (κ1) is 27.9. The molecule has 0 N–H and O–H groups in total. The second-order valence-electron chi connectivity index (χ2n) is 9.90. The zero-order chi connectivity index (χ0) is 24.8. The van der Waals surface area contributed by atoms with E-state index in [9.17, 15) is 4.79 Å². The number of hydrogen-bond donors (Lipinski definition) is 0. The summed E-state index contributed by atoms with van der Waals surface area (Å²) in [7, 11) is 4.18. The van der Waals surface area contributed by atoms with Crippen LogP contribution in [-0.2, 0) is 22.5 Å². The number of benzene rings is 2. The van der Waals surface area contributed by atoms with E-state index >= 15 is 0 Å². The minimum atomic E-state index is -0.581. The molecule has 0 aliphatic carbocycles. The molecule has 0 heterocycles. The monoisotopic (exact) mass is 468 g/mol. The minimum absolute atomic E-state index is 0.199. The van der Waals surface area contributed by atoms with E-state index in [2.05, 4.69) is 45.3 Å². The van der Waals surface area contributed by atoms with Gasteiger partial charge in [0.25, 0.3) is 0 Å². The first-order chi connectivity index (χ1) is 16.4. The lowest BCUT2D eigenvalue weighted by atomic mass is 10.0. The Morgan fingerprint density at radius 3 is 2.06 bits per heavy atom. The topological polar surface area (TPSA) is 35.5 Å². The molecular formula is C30H46NO3+. The smallest absolute Gasteiger partial charge is 0.368 e. The standard InChI is InChI=1S/C30H46NO3/c1-6-9-10-11-12-14-17-25-20-22-27(23-21-25)33-29(8-3)34-30(32)28(7-2)31(4,5)24-26-18-15-13-16-19-26/h13,15-16,18-23,28-29H,6-12,14,17,24H2,1-5H3/q+1. The molecule has 0 fully saturated rings. The Hall–Kier alpha value is -2.33. The van der Waals surface area contributed by atoms with Crippen LogP contribution in [0.25, 0.3) is 0 Å². The van der Waals surface area contributed by atoms with Crippen molar-refractivity contribution in [2.24, 2.45) is 0 Å². The van der Waals surface area contributed by atoms with Crippen molar-refractivity contribution in [3.8, 4) is 5.75 Å². The number of rotatable bonds is 16. The van der Waals surface area contributed by atoms with Gasteiger partial charge in [-0.15, -0.1) is 0 Å². The van der Waals surface area contributed by atoms with Crippen LogP contribution in [0.5, 0.6) is 5.75 Å². The average molecular weight is 469 g/mol. The summed E-state index contributed by atoms with van der Waals surface area (Å²) in [6.45, 7) is 7.05. The van der Waals surface area contributed by atoms with E-state index in [1.807, 2.05) is 44.2 Å². The van der Waals surface area contributed by atoms with E-state index in [4.69, 9.17) is 9.47 Å². The van der Waals surface area contributed by atoms with Crippen molar-refractivity contribution in [3.63, 3.8) is 0 Å². The number of likely N-dealkylation sites (N-methyl/N-ethyl adjacent to an activating group) is 1. The van der Waals surface area contributed by atoms with Gasteiger partial charge in [0.1, 0.15) is 12.3 Å². The fourth-order valence-electron chi connectivity index (χ4n) is 4.51. The van der Waals surface area contributed by atoms with Crippen LogP contribution in [0.4, 0.5) is 0 Å². The number of nitrogens with zero attached hydrogens (tertiary/aromatic N) is 1. The molecule has 188 valence electrons. The number of esters is 1. The largest absolute Gasteiger partial charge is 0.455 e. The first-order valence-electron chi connectivity index (χ1n) is 13.2. The van der Waals surface area contributed by atoms with Crippen molar-refractivity contribution in [3.05, 3.63) is 65.7 Å². The normalized spacial score (nSPS) is 13.3. The van der Waals surface area contributed by atoms with Gasteiger partial charge < -0.3 is 14.0 Å². The van der Waals surface area contributed by atoms with Crippen LogP contribution in [0, 0.1) is 0 Å². The lowest BCUT2D eigenvalue weighted by Crippen LogP contribution is -2.53. The third kappa shape index (κ3) is 9.50. The van der Waals surface area contributed by atoms with Crippen LogP contribution in [0.2, 0.25) is 0 Å². The molecule has 0 aromatic heterocycles. The zero-order valence-corrected chi connectivity index (χ0v) is 22.1. The summed E-state index contributed by atoms with van der Waals surface area (Å²) in [5, 5.41) is 0. The molecule has 2 aromatic rings. The Morgan fingerprint density at radius 1 is 0.794 bits per heavy atom. The summed E-state index contributed by atoms with van der Waals surface area (Å²) in [5.41, 5.74) is 2.54. The number of quaternary nitrogens is 1. The van der Waals surface area contributed by atoms with Gasteiger partial charge in [0.15, 0.2) is 6.04 Å². The van der Waals surface area contributed by atoms with E-state index in [1.54, 1.807) is 0 Å². The van der Waals surface area contributed by atoms with Gasteiger partial charge in [-0.3, -0.25) is 0 Å². The van der Waals surface area contributed by atoms with E-state index in [1.165, 1.54) is 49.7 Å². The molecule has 2 rings (SSSR count). The fraction of sp³-hybridized carbons (Fsp3) is 0.567. The quantitative estimate of drug-likeness (QED) is 0.112. The molecular weight excluding hydrogens is 422 g/mol. The van der Waals surface area contributed by atoms with Crippen LogP contribution in [-0.4, -0.2) is 36.9 Å². The van der Waals surface area contributed by atoms with Crippen molar-refractivity contribution in [2.75, 3.05) is 14.1 Å². The molecule has 0 saturated carbocycles. The van der Waals surface area contributed by atoms with Crippen LogP contribution in [0.1, 0.15) is 83.3 Å². The molecule has 0 aliphatic rings. The molecule has 2 atom stereocenters. The van der Waals surface area contributed by atoms with Crippen LogP contribution in [0.3, 0.4) is 0 Å². The summed E-state index contributed by atoms with van der Waals surface area (Å²) in [4.78, 5) is 13.1. The maximum absolute atomic E-state index is 13.1. The Bertz CT molecular complexity index is 817. The van der Waals surface area contributed by atoms with Gasteiger partial charge in [-0.2, -0.15) is 0 Å². The fourth-order valence-corrected chi connectivity index (χ4v) is 4.51. The van der Waals surface area contributed by atoms with Crippen LogP contribution in [0.15, 0.2) is 54.6 Å². The molecule has 4 heteroatoms. The molecule has 0 radical (unpaired) electrons. The lowest BCUT2D eigenvalue weighted by Gasteiger charge is -2.36. The number of carbonyl (C=O) groups excluding carboxylic acids is 1. The van der Waals surface area contributed by atoms with E-state index in [0.717, 1.165) is 18.7 Å². The zero-order valence-electron chi connectivity index (χ0n) is 22.1. The molecule has 0 bridgehead atoms. The van der Waals surface area contributed by atoms with Gasteiger partial charge in [0.05, 0.1) is 14.1 Å². The van der Waals surface area contributed by atoms with Crippen molar-refractivity contribution < 1.29 is 18.8 Å². The summed E-state index contributed by atoms with van der Waals surface area (Å²) in [5.74, 6) is 0.549. The number of unbranched alkanes of at least 4 members (excludes halogenated alkanes) is 5. The van der Waals surface area contributed by atoms with Crippen molar-refractivity contribution in [1.82, 2.24) is 0 Å². The predicted octanol–water partition coefficient (Wildman–Crippen LogP) is 7.30. The van der Waals surface area contributed by atoms with Gasteiger partial charge in [-0.05, 0) is 30.5 Å². The molecule has 4 nitrogen and oxygen atoms in total. The molecule has 0 amide bonds. The molecule has 2 unspecified atom stereocenters. The molecule has 0 saturated heterocycles. The Kier molecular flexibility index (Phi) is 12.2. The molecule has 0 spiro atoms. The number of hydrogen-bond acceptors (Lipinski definition) is 3. The Labute approximate surface area is 207 Å². The second kappa shape index (κ2) is 14.8. The van der Waals surface area contributed by atoms with Crippen LogP contribution < -0.4 is 4.74 Å². The van der Waals surface area contributed by atoms with Gasteiger partial charge in [-0.25, -0.2) is 4.79 Å². The van der Waals surface area contributed by atoms with Crippen molar-refractivity contribution in [2.45, 2.75) is 97.4 Å². The minimum Gasteiger partial charge on any atom is -0.455 e. The number of ether oxygens (including phenoxy) is 2. The summed E-state index contributed by atoms with van der Waals surface area (Å²) < 4.78 is 12.4. The maximum atomic E-state index is 13.1. The van der Waals surface area contributed by atoms with Gasteiger partial charge >= 0.3 is 5.97 Å². The highest BCUT2D eigenvalue weighted by Crippen LogP contribution is 2.21. The van der Waals surface area contributed by atoms with Crippen molar-refractivity contribution >= 4 is 5.97 Å². The van der Waals surface area contributed by atoms with Gasteiger partial charge in [0, 0.05) is 18.4 Å². The third-order valence-electron chi connectivity index (χ3n) is 6.53. The lowest BCUT2D eigenvalue weighted by molar-refractivity contribution is -0.919. The highest BCUT2D eigenvalue weighted by Gasteiger charge is 2.36. The molecule has 2 aromatic carbocycles. The summed E-state index contributed by atoms with van der Waals surface area (Å²) >= 11 is 0. The average Bonchev–Trinajstić information content (AvgIpc) is 2.82. The maximum Gasteiger partial charge on any atom is 0.368 e. The summed E-state index contributed by atoms with van der Waals surface area (Å²) in [6.07, 6.45) is 9.68. The van der Waals surface area contributed by atoms with Crippen molar-refractivity contribution in [1.29, 1.82) is 0 Å². The second-order valence-corrected chi connectivity index (χ2v) is 9.90.